The SMILES string of the molecule is Cc1cccn2c(NC(=O)c3ccc(S(=O)(=O)NC(C)C)cc3)c(-c3ccccc3)nc12. The zero-order valence-corrected chi connectivity index (χ0v) is 18.8. The molecule has 8 heteroatoms. The maximum Gasteiger partial charge on any atom is 0.256 e. The summed E-state index contributed by atoms with van der Waals surface area (Å²) in [5, 5.41) is 2.96. The summed E-state index contributed by atoms with van der Waals surface area (Å²) in [6.45, 7) is 5.47. The van der Waals surface area contributed by atoms with Crippen molar-refractivity contribution in [3.05, 3.63) is 84.1 Å². The van der Waals surface area contributed by atoms with Crippen LogP contribution in [0.1, 0.15) is 29.8 Å². The minimum atomic E-state index is -3.62. The van der Waals surface area contributed by atoms with Crippen molar-refractivity contribution >= 4 is 27.4 Å². The Morgan fingerprint density at radius 2 is 1.66 bits per heavy atom. The van der Waals surface area contributed by atoms with Gasteiger partial charge in [0.05, 0.1) is 4.90 Å². The Hall–Kier alpha value is -3.49. The maximum atomic E-state index is 13.0. The van der Waals surface area contributed by atoms with Gasteiger partial charge in [0.25, 0.3) is 5.91 Å². The molecule has 2 aromatic carbocycles. The topological polar surface area (TPSA) is 92.6 Å². The molecule has 4 rings (SSSR count). The number of benzene rings is 2. The minimum absolute atomic E-state index is 0.109. The number of hydrogen-bond acceptors (Lipinski definition) is 4. The average Bonchev–Trinajstić information content (AvgIpc) is 3.13. The number of nitrogens with zero attached hydrogens (tertiary/aromatic N) is 2. The average molecular weight is 449 g/mol. The van der Waals surface area contributed by atoms with Crippen molar-refractivity contribution in [1.29, 1.82) is 0 Å². The molecule has 0 spiro atoms. The Morgan fingerprint density at radius 1 is 0.969 bits per heavy atom. The first-order chi connectivity index (χ1) is 15.3. The van der Waals surface area contributed by atoms with Gasteiger partial charge >= 0.3 is 0 Å². The lowest BCUT2D eigenvalue weighted by atomic mass is 10.1. The van der Waals surface area contributed by atoms with E-state index in [0.29, 0.717) is 17.1 Å². The molecule has 32 heavy (non-hydrogen) atoms. The number of nitrogens with one attached hydrogen (secondary N) is 2. The van der Waals surface area contributed by atoms with Crippen molar-refractivity contribution in [1.82, 2.24) is 14.1 Å². The number of rotatable bonds is 6. The first kappa shape index (κ1) is 21.7. The normalized spacial score (nSPS) is 11.8. The highest BCUT2D eigenvalue weighted by molar-refractivity contribution is 7.89. The minimum Gasteiger partial charge on any atom is -0.306 e. The third kappa shape index (κ3) is 4.28. The number of imidazole rings is 1. The Kier molecular flexibility index (Phi) is 5.82. The van der Waals surface area contributed by atoms with Crippen LogP contribution in [0.5, 0.6) is 0 Å². The van der Waals surface area contributed by atoms with E-state index in [1.54, 1.807) is 13.8 Å². The molecule has 164 valence electrons. The van der Waals surface area contributed by atoms with E-state index < -0.39 is 10.0 Å². The van der Waals surface area contributed by atoms with Crippen LogP contribution in [-0.2, 0) is 10.0 Å². The van der Waals surface area contributed by atoms with E-state index in [1.165, 1.54) is 24.3 Å². The maximum absolute atomic E-state index is 13.0. The molecule has 7 nitrogen and oxygen atoms in total. The Balaban J connectivity index is 1.69. The molecule has 0 atom stereocenters. The largest absolute Gasteiger partial charge is 0.306 e. The van der Waals surface area contributed by atoms with Gasteiger partial charge in [-0.05, 0) is 56.7 Å². The second-order valence-electron chi connectivity index (χ2n) is 7.81. The summed E-state index contributed by atoms with van der Waals surface area (Å²) >= 11 is 0. The molecule has 0 bridgehead atoms. The molecule has 0 aliphatic heterocycles. The van der Waals surface area contributed by atoms with E-state index in [4.69, 9.17) is 4.98 Å². The van der Waals surface area contributed by atoms with Gasteiger partial charge < -0.3 is 5.32 Å². The molecule has 2 aromatic heterocycles. The first-order valence-electron chi connectivity index (χ1n) is 10.2. The first-order valence-corrected chi connectivity index (χ1v) is 11.7. The molecule has 2 N–H and O–H groups in total. The van der Waals surface area contributed by atoms with Gasteiger partial charge in [-0.1, -0.05) is 36.4 Å². The van der Waals surface area contributed by atoms with E-state index in [9.17, 15) is 13.2 Å². The predicted molar refractivity (Wildman–Crippen MR) is 125 cm³/mol. The van der Waals surface area contributed by atoms with Crippen molar-refractivity contribution in [2.45, 2.75) is 31.7 Å². The number of sulfonamides is 1. The van der Waals surface area contributed by atoms with E-state index in [2.05, 4.69) is 10.0 Å². The lowest BCUT2D eigenvalue weighted by Gasteiger charge is -2.11. The molecule has 0 fully saturated rings. The summed E-state index contributed by atoms with van der Waals surface area (Å²) in [6.07, 6.45) is 1.85. The highest BCUT2D eigenvalue weighted by Crippen LogP contribution is 2.30. The van der Waals surface area contributed by atoms with E-state index in [1.807, 2.05) is 60.0 Å². The number of carbonyl (C=O) groups excluding carboxylic acids is 1. The Morgan fingerprint density at radius 3 is 2.31 bits per heavy atom. The highest BCUT2D eigenvalue weighted by atomic mass is 32.2. The van der Waals surface area contributed by atoms with Gasteiger partial charge in [0.1, 0.15) is 17.2 Å². The lowest BCUT2D eigenvalue weighted by Crippen LogP contribution is -2.30. The number of fused-ring (bicyclic) bond motifs is 1. The second-order valence-corrected chi connectivity index (χ2v) is 9.53. The van der Waals surface area contributed by atoms with Crippen LogP contribution in [0.25, 0.3) is 16.9 Å². The van der Waals surface area contributed by atoms with Gasteiger partial charge in [0.2, 0.25) is 10.0 Å². The van der Waals surface area contributed by atoms with Crippen LogP contribution >= 0.6 is 0 Å². The second kappa shape index (κ2) is 8.57. The zero-order valence-electron chi connectivity index (χ0n) is 18.0. The monoisotopic (exact) mass is 448 g/mol. The molecule has 0 saturated carbocycles. The molecule has 2 heterocycles. The molecule has 0 unspecified atom stereocenters. The summed E-state index contributed by atoms with van der Waals surface area (Å²) in [4.78, 5) is 17.9. The van der Waals surface area contributed by atoms with E-state index in [0.717, 1.165) is 16.8 Å². The molecule has 1 amide bonds. The number of hydrogen-bond donors (Lipinski definition) is 2. The third-order valence-corrected chi connectivity index (χ3v) is 6.62. The van der Waals surface area contributed by atoms with Crippen LogP contribution in [0, 0.1) is 6.92 Å². The fourth-order valence-electron chi connectivity index (χ4n) is 3.46. The predicted octanol–water partition coefficient (Wildman–Crippen LogP) is 4.25. The lowest BCUT2D eigenvalue weighted by molar-refractivity contribution is 0.102. The van der Waals surface area contributed by atoms with Crippen molar-refractivity contribution in [3.63, 3.8) is 0 Å². The fourth-order valence-corrected chi connectivity index (χ4v) is 4.72. The summed E-state index contributed by atoms with van der Waals surface area (Å²) in [7, 11) is -3.62. The van der Waals surface area contributed by atoms with Gasteiger partial charge in [0, 0.05) is 23.4 Å². The van der Waals surface area contributed by atoms with Crippen molar-refractivity contribution in [2.24, 2.45) is 0 Å². The Labute approximate surface area is 187 Å². The van der Waals surface area contributed by atoms with Crippen LogP contribution in [0.15, 0.2) is 77.8 Å². The summed E-state index contributed by atoms with van der Waals surface area (Å²) in [5.41, 5.74) is 3.62. The molecule has 4 aromatic rings. The van der Waals surface area contributed by atoms with Crippen LogP contribution < -0.4 is 10.0 Å². The van der Waals surface area contributed by atoms with Crippen LogP contribution in [0.3, 0.4) is 0 Å². The molecular weight excluding hydrogens is 424 g/mol. The van der Waals surface area contributed by atoms with Crippen molar-refractivity contribution in [3.8, 4) is 11.3 Å². The van der Waals surface area contributed by atoms with Crippen molar-refractivity contribution in [2.75, 3.05) is 5.32 Å². The molecular formula is C24H24N4O3S. The molecule has 0 aliphatic carbocycles. The highest BCUT2D eigenvalue weighted by Gasteiger charge is 2.19. The van der Waals surface area contributed by atoms with E-state index in [-0.39, 0.29) is 16.8 Å². The van der Waals surface area contributed by atoms with Crippen LogP contribution in [0.4, 0.5) is 5.82 Å². The van der Waals surface area contributed by atoms with Gasteiger partial charge in [-0.25, -0.2) is 18.1 Å². The quantitative estimate of drug-likeness (QED) is 0.461. The number of carbonyl (C=O) groups is 1. The fraction of sp³-hybridized carbons (Fsp3) is 0.167. The standard InChI is InChI=1S/C24H24N4O3S/c1-16(2)27-32(30,31)20-13-11-19(12-14-20)24(29)26-23-21(18-9-5-4-6-10-18)25-22-17(3)8-7-15-28(22)23/h4-16,27H,1-3H3,(H,26,29). The number of anilines is 1. The van der Waals surface area contributed by atoms with Crippen LogP contribution in [-0.4, -0.2) is 29.8 Å². The van der Waals surface area contributed by atoms with Crippen molar-refractivity contribution < 1.29 is 13.2 Å². The van der Waals surface area contributed by atoms with Gasteiger partial charge in [-0.15, -0.1) is 0 Å². The summed E-state index contributed by atoms with van der Waals surface area (Å²) < 4.78 is 29.1. The molecule has 0 radical (unpaired) electrons. The summed E-state index contributed by atoms with van der Waals surface area (Å²) in [6, 6.07) is 19.1. The number of amides is 1. The zero-order chi connectivity index (χ0) is 22.9. The van der Waals surface area contributed by atoms with Crippen LogP contribution in [0.2, 0.25) is 0 Å². The van der Waals surface area contributed by atoms with Gasteiger partial charge in [0.15, 0.2) is 0 Å². The Bertz CT molecular complexity index is 1380. The molecule has 0 saturated heterocycles. The number of aryl methyl sites for hydroxylation is 1. The van der Waals surface area contributed by atoms with Gasteiger partial charge in [-0.3, -0.25) is 9.20 Å². The number of aromatic nitrogens is 2. The number of pyridine rings is 1. The van der Waals surface area contributed by atoms with Gasteiger partial charge in [-0.2, -0.15) is 0 Å². The summed E-state index contributed by atoms with van der Waals surface area (Å²) in [5.74, 6) is 0.198. The third-order valence-electron chi connectivity index (χ3n) is 4.94. The van der Waals surface area contributed by atoms with E-state index >= 15 is 0 Å². The molecule has 0 aliphatic rings. The smallest absolute Gasteiger partial charge is 0.256 e.